The number of aromatic amines is 1. The van der Waals surface area contributed by atoms with Gasteiger partial charge in [-0.05, 0) is 118 Å². The molecule has 1 aromatic heterocycles. The molecule has 298 valence electrons. The summed E-state index contributed by atoms with van der Waals surface area (Å²) in [5.74, 6) is 0.168. The molecule has 0 saturated carbocycles. The van der Waals surface area contributed by atoms with Crippen molar-refractivity contribution in [3.63, 3.8) is 0 Å². The number of halogens is 1. The van der Waals surface area contributed by atoms with Crippen molar-refractivity contribution in [1.82, 2.24) is 24.1 Å². The monoisotopic (exact) mass is 795 g/mol. The van der Waals surface area contributed by atoms with Crippen LogP contribution in [0, 0.1) is 11.7 Å². The highest BCUT2D eigenvalue weighted by Gasteiger charge is 2.40. The average molecular weight is 796 g/mol. The molecule has 57 heavy (non-hydrogen) atoms. The van der Waals surface area contributed by atoms with Crippen LogP contribution in [0.1, 0.15) is 58.4 Å². The zero-order valence-electron chi connectivity index (χ0n) is 31.6. The average Bonchev–Trinajstić information content (AvgIpc) is 3.42. The third kappa shape index (κ3) is 9.08. The fourth-order valence-electron chi connectivity index (χ4n) is 7.66. The molecule has 8 rings (SSSR count). The lowest BCUT2D eigenvalue weighted by Crippen LogP contribution is -2.42. The summed E-state index contributed by atoms with van der Waals surface area (Å²) in [6, 6.07) is 27.2. The molecule has 0 aliphatic carbocycles. The molecule has 0 spiro atoms. The van der Waals surface area contributed by atoms with Crippen LogP contribution in [0.15, 0.2) is 112 Å². The molecule has 1 amide bonds. The summed E-state index contributed by atoms with van der Waals surface area (Å²) in [6.45, 7) is 4.05. The number of amides is 1. The first-order valence-electron chi connectivity index (χ1n) is 19.5. The second-order valence-corrected chi connectivity index (χ2v) is 16.4. The summed E-state index contributed by atoms with van der Waals surface area (Å²) in [6.07, 6.45) is 5.00. The molecule has 0 bridgehead atoms. The summed E-state index contributed by atoms with van der Waals surface area (Å²) < 4.78 is 46.3. The molecule has 4 aromatic carbocycles. The predicted molar refractivity (Wildman–Crippen MR) is 215 cm³/mol. The van der Waals surface area contributed by atoms with Gasteiger partial charge in [-0.15, -0.1) is 0 Å². The molecule has 1 unspecified atom stereocenters. The van der Waals surface area contributed by atoms with Crippen molar-refractivity contribution in [2.45, 2.75) is 56.1 Å². The van der Waals surface area contributed by atoms with E-state index in [4.69, 9.17) is 4.74 Å². The van der Waals surface area contributed by atoms with Crippen molar-refractivity contribution in [3.8, 4) is 5.75 Å². The Morgan fingerprint density at radius 3 is 2.33 bits per heavy atom. The Morgan fingerprint density at radius 1 is 0.825 bits per heavy atom. The molecule has 4 heterocycles. The molecular formula is C43H46FN5O7S. The number of carbonyl (C=O) groups excluding carboxylic acids is 2. The Labute approximate surface area is 330 Å². The zero-order chi connectivity index (χ0) is 39.9. The molecule has 1 atom stereocenters. The first-order chi connectivity index (χ1) is 27.6. The van der Waals surface area contributed by atoms with E-state index in [0.29, 0.717) is 48.8 Å². The Balaban J connectivity index is 0.000000174. The molecule has 5 aromatic rings. The topological polar surface area (TPSA) is 151 Å². The number of ether oxygens (including phenoxy) is 1. The minimum Gasteiger partial charge on any atom is -0.489 e. The van der Waals surface area contributed by atoms with Gasteiger partial charge in [-0.25, -0.2) is 21.9 Å². The number of rotatable bonds is 12. The van der Waals surface area contributed by atoms with E-state index in [-0.39, 0.29) is 46.2 Å². The maximum Gasteiger partial charge on any atom is 0.328 e. The molecule has 3 aliphatic rings. The predicted octanol–water partition coefficient (Wildman–Crippen LogP) is 5.02. The number of H-pyrrole nitrogens is 1. The molecule has 12 nitrogen and oxygen atoms in total. The van der Waals surface area contributed by atoms with Gasteiger partial charge in [0.1, 0.15) is 22.6 Å². The number of hydrogen-bond acceptors (Lipinski definition) is 9. The molecule has 1 fully saturated rings. The summed E-state index contributed by atoms with van der Waals surface area (Å²) >= 11 is 0. The van der Waals surface area contributed by atoms with Gasteiger partial charge >= 0.3 is 5.69 Å². The van der Waals surface area contributed by atoms with Gasteiger partial charge in [0.05, 0.1) is 16.5 Å². The molecule has 14 heteroatoms. The van der Waals surface area contributed by atoms with Crippen molar-refractivity contribution in [3.05, 3.63) is 140 Å². The Hall–Kier alpha value is -5.44. The number of benzene rings is 4. The molecule has 1 saturated heterocycles. The number of ketones is 1. The van der Waals surface area contributed by atoms with E-state index < -0.39 is 21.6 Å². The van der Waals surface area contributed by atoms with E-state index in [2.05, 4.69) is 21.3 Å². The number of piperidine rings is 1. The summed E-state index contributed by atoms with van der Waals surface area (Å²) in [4.78, 5) is 54.8. The lowest BCUT2D eigenvalue weighted by Gasteiger charge is -2.31. The number of sulfonamides is 1. The molecular weight excluding hydrogens is 750 g/mol. The summed E-state index contributed by atoms with van der Waals surface area (Å²) in [5, 5.41) is 3.88. The van der Waals surface area contributed by atoms with Gasteiger partial charge in [-0.1, -0.05) is 42.5 Å². The highest BCUT2D eigenvalue weighted by Crippen LogP contribution is 2.30. The van der Waals surface area contributed by atoms with Gasteiger partial charge in [-0.2, -0.15) is 0 Å². The number of nitrogens with zero attached hydrogens (tertiary/aromatic N) is 3. The van der Waals surface area contributed by atoms with Gasteiger partial charge in [0.2, 0.25) is 0 Å². The van der Waals surface area contributed by atoms with Crippen LogP contribution in [0.4, 0.5) is 4.39 Å². The van der Waals surface area contributed by atoms with E-state index >= 15 is 0 Å². The van der Waals surface area contributed by atoms with Crippen molar-refractivity contribution in [2.24, 2.45) is 5.92 Å². The SMILES string of the molecule is O=C(c1ccc(F)cc1)C1CCN(CCn2c(=O)[nH]c3ccccc3c2=O)CC1.O=C1c2ccccc2S(=O)(=O)N1CCCCNCC1CCc2ccccc2O1. The minimum absolute atomic E-state index is 0.0480. The third-order valence-corrected chi connectivity index (χ3v) is 12.7. The summed E-state index contributed by atoms with van der Waals surface area (Å²) in [7, 11) is -3.69. The van der Waals surface area contributed by atoms with E-state index in [1.807, 2.05) is 18.2 Å². The van der Waals surface area contributed by atoms with Crippen molar-refractivity contribution in [2.75, 3.05) is 39.3 Å². The number of Topliss-reactive ketones (excluding diaryl/α,β-unsaturated/α-hetero) is 1. The van der Waals surface area contributed by atoms with Crippen LogP contribution in [-0.4, -0.2) is 84.2 Å². The lowest BCUT2D eigenvalue weighted by atomic mass is 9.89. The number of carbonyl (C=O) groups is 2. The van der Waals surface area contributed by atoms with Crippen molar-refractivity contribution < 1.29 is 27.1 Å². The molecule has 3 aliphatic heterocycles. The normalized spacial score (nSPS) is 17.7. The van der Waals surface area contributed by atoms with E-state index in [0.717, 1.165) is 55.5 Å². The van der Waals surface area contributed by atoms with Gasteiger partial charge < -0.3 is 19.9 Å². The van der Waals surface area contributed by atoms with Crippen molar-refractivity contribution >= 4 is 32.6 Å². The largest absolute Gasteiger partial charge is 0.489 e. The van der Waals surface area contributed by atoms with Crippen LogP contribution in [0.3, 0.4) is 0 Å². The lowest BCUT2D eigenvalue weighted by molar-refractivity contribution is 0.0835. The number of fused-ring (bicyclic) bond motifs is 3. The number of nitrogens with one attached hydrogen (secondary N) is 2. The quantitative estimate of drug-likeness (QED) is 0.131. The first-order valence-corrected chi connectivity index (χ1v) is 20.9. The number of para-hydroxylation sites is 2. The van der Waals surface area contributed by atoms with E-state index in [9.17, 15) is 32.0 Å². The number of hydrogen-bond donors (Lipinski definition) is 2. The number of unbranched alkanes of at least 4 members (excludes halogenated alkanes) is 1. The summed E-state index contributed by atoms with van der Waals surface area (Å²) in [5.41, 5.74) is 1.92. The van der Waals surface area contributed by atoms with E-state index in [1.165, 1.54) is 40.5 Å². The van der Waals surface area contributed by atoms with Gasteiger partial charge in [0.25, 0.3) is 21.5 Å². The standard InChI is InChI=1S/C22H22FN3O3.C21H24N2O4S/c23-17-7-5-15(6-8-17)20(27)16-9-11-25(12-10-16)13-14-26-21(28)18-3-1-2-4-19(18)24-22(26)29;24-21-18-8-2-4-10-20(18)28(25,26)23(21)14-6-5-13-22-15-17-12-11-16-7-1-3-9-19(16)27-17/h1-8,16H,9-14H2,(H,24,29);1-4,7-10,17,22H,5-6,11-15H2. The Morgan fingerprint density at radius 2 is 1.54 bits per heavy atom. The zero-order valence-corrected chi connectivity index (χ0v) is 32.4. The maximum absolute atomic E-state index is 13.0. The number of aryl methyl sites for hydroxylation is 1. The maximum atomic E-state index is 13.0. The highest BCUT2D eigenvalue weighted by atomic mass is 32.2. The first kappa shape index (κ1) is 39.8. The smallest absolute Gasteiger partial charge is 0.328 e. The Bertz CT molecular complexity index is 2460. The van der Waals surface area contributed by atoms with Gasteiger partial charge in [-0.3, -0.25) is 19.0 Å². The molecule has 2 N–H and O–H groups in total. The minimum atomic E-state index is -3.69. The fourth-order valence-corrected chi connectivity index (χ4v) is 9.26. The van der Waals surface area contributed by atoms with Crippen LogP contribution < -0.4 is 21.3 Å². The number of likely N-dealkylation sites (tertiary alicyclic amines) is 1. The van der Waals surface area contributed by atoms with Gasteiger partial charge in [0.15, 0.2) is 5.78 Å². The fraction of sp³-hybridized carbons (Fsp3) is 0.349. The van der Waals surface area contributed by atoms with Crippen molar-refractivity contribution in [1.29, 1.82) is 0 Å². The van der Waals surface area contributed by atoms with Crippen LogP contribution in [-0.2, 0) is 23.0 Å². The van der Waals surface area contributed by atoms with Crippen LogP contribution >= 0.6 is 0 Å². The van der Waals surface area contributed by atoms with Crippen LogP contribution in [0.25, 0.3) is 10.9 Å². The highest BCUT2D eigenvalue weighted by molar-refractivity contribution is 7.90. The van der Waals surface area contributed by atoms with Gasteiger partial charge in [0, 0.05) is 37.7 Å². The van der Waals surface area contributed by atoms with Crippen LogP contribution in [0.5, 0.6) is 5.75 Å². The second-order valence-electron chi connectivity index (χ2n) is 14.6. The van der Waals surface area contributed by atoms with Crippen LogP contribution in [0.2, 0.25) is 0 Å². The molecule has 0 radical (unpaired) electrons. The second kappa shape index (κ2) is 17.8. The van der Waals surface area contributed by atoms with E-state index in [1.54, 1.807) is 42.5 Å². The number of aromatic nitrogens is 2. The Kier molecular flexibility index (Phi) is 12.4. The third-order valence-electron chi connectivity index (χ3n) is 10.9.